The van der Waals surface area contributed by atoms with Crippen LogP contribution in [-0.2, 0) is 7.05 Å². The van der Waals surface area contributed by atoms with E-state index in [0.29, 0.717) is 11.0 Å². The second kappa shape index (κ2) is 3.84. The average molecular weight is 233 g/mol. The van der Waals surface area contributed by atoms with Gasteiger partial charge in [0.15, 0.2) is 0 Å². The van der Waals surface area contributed by atoms with Gasteiger partial charge in [0.25, 0.3) is 0 Å². The first-order valence-corrected chi connectivity index (χ1v) is 5.48. The summed E-state index contributed by atoms with van der Waals surface area (Å²) >= 11 is 0. The zero-order valence-corrected chi connectivity index (χ0v) is 10.4. The number of nitrogens with zero attached hydrogens (tertiary/aromatic N) is 3. The third kappa shape index (κ3) is 1.77. The van der Waals surface area contributed by atoms with Gasteiger partial charge in [-0.2, -0.15) is 0 Å². The molecule has 0 aromatic carbocycles. The number of aromatic nitrogens is 3. The van der Waals surface area contributed by atoms with Gasteiger partial charge in [-0.05, 0) is 6.92 Å². The van der Waals surface area contributed by atoms with Crippen molar-refractivity contribution in [2.24, 2.45) is 7.05 Å². The van der Waals surface area contributed by atoms with Gasteiger partial charge in [-0.15, -0.1) is 0 Å². The molecule has 5 heteroatoms. The van der Waals surface area contributed by atoms with E-state index in [1.807, 2.05) is 20.8 Å². The highest BCUT2D eigenvalue weighted by molar-refractivity contribution is 6.03. The molecule has 2 aromatic heterocycles. The van der Waals surface area contributed by atoms with Crippen molar-refractivity contribution in [1.82, 2.24) is 14.5 Å². The Hall–Kier alpha value is -1.91. The molecule has 0 fully saturated rings. The van der Waals surface area contributed by atoms with Gasteiger partial charge >= 0.3 is 5.97 Å². The predicted molar refractivity (Wildman–Crippen MR) is 64.3 cm³/mol. The van der Waals surface area contributed by atoms with Crippen molar-refractivity contribution in [3.8, 4) is 0 Å². The van der Waals surface area contributed by atoms with Crippen molar-refractivity contribution in [3.05, 3.63) is 23.3 Å². The van der Waals surface area contributed by atoms with Gasteiger partial charge in [0.1, 0.15) is 11.5 Å². The monoisotopic (exact) mass is 233 g/mol. The molecule has 2 heterocycles. The highest BCUT2D eigenvalue weighted by Crippen LogP contribution is 2.23. The molecule has 0 unspecified atom stereocenters. The Morgan fingerprint density at radius 3 is 2.59 bits per heavy atom. The van der Waals surface area contributed by atoms with Gasteiger partial charge < -0.3 is 9.67 Å². The third-order valence-electron chi connectivity index (χ3n) is 2.76. The summed E-state index contributed by atoms with van der Waals surface area (Å²) in [5.41, 5.74) is 1.66. The second-order valence-corrected chi connectivity index (χ2v) is 4.48. The van der Waals surface area contributed by atoms with Crippen molar-refractivity contribution >= 4 is 17.0 Å². The van der Waals surface area contributed by atoms with Gasteiger partial charge in [-0.1, -0.05) is 13.8 Å². The quantitative estimate of drug-likeness (QED) is 0.862. The molecule has 0 atom stereocenters. The molecule has 0 saturated carbocycles. The second-order valence-electron chi connectivity index (χ2n) is 4.48. The molecule has 2 rings (SSSR count). The molecule has 0 spiro atoms. The summed E-state index contributed by atoms with van der Waals surface area (Å²) in [4.78, 5) is 19.9. The van der Waals surface area contributed by atoms with Crippen molar-refractivity contribution in [2.75, 3.05) is 0 Å². The molecule has 2 aromatic rings. The lowest BCUT2D eigenvalue weighted by molar-refractivity contribution is 0.0698. The number of aromatic carboxylic acids is 1. The van der Waals surface area contributed by atoms with Crippen LogP contribution in [0, 0.1) is 6.92 Å². The number of carboxylic acid groups (broad SMARTS) is 1. The Balaban J connectivity index is 2.83. The van der Waals surface area contributed by atoms with E-state index in [0.717, 1.165) is 11.5 Å². The summed E-state index contributed by atoms with van der Waals surface area (Å²) in [6.07, 6.45) is 1.58. The molecule has 0 aliphatic carbocycles. The van der Waals surface area contributed by atoms with Crippen LogP contribution in [0.5, 0.6) is 0 Å². The van der Waals surface area contributed by atoms with Crippen molar-refractivity contribution in [3.63, 3.8) is 0 Å². The van der Waals surface area contributed by atoms with Crippen LogP contribution in [0.3, 0.4) is 0 Å². The first kappa shape index (κ1) is 11.6. The summed E-state index contributed by atoms with van der Waals surface area (Å²) in [6.45, 7) is 5.85. The largest absolute Gasteiger partial charge is 0.478 e. The van der Waals surface area contributed by atoms with E-state index in [4.69, 9.17) is 5.11 Å². The van der Waals surface area contributed by atoms with Crippen molar-refractivity contribution in [2.45, 2.75) is 26.7 Å². The van der Waals surface area contributed by atoms with Crippen LogP contribution in [0.15, 0.2) is 6.20 Å². The van der Waals surface area contributed by atoms with Gasteiger partial charge in [0.05, 0.1) is 16.6 Å². The molecule has 1 N–H and O–H groups in total. The third-order valence-corrected chi connectivity index (χ3v) is 2.76. The highest BCUT2D eigenvalue weighted by atomic mass is 16.4. The van der Waals surface area contributed by atoms with E-state index in [-0.39, 0.29) is 11.5 Å². The molecule has 90 valence electrons. The minimum absolute atomic E-state index is 0.223. The Morgan fingerprint density at radius 1 is 1.41 bits per heavy atom. The minimum Gasteiger partial charge on any atom is -0.478 e. The normalized spacial score (nSPS) is 11.4. The fourth-order valence-corrected chi connectivity index (χ4v) is 1.89. The first-order chi connectivity index (χ1) is 7.91. The average Bonchev–Trinajstić information content (AvgIpc) is 2.57. The molecule has 0 aliphatic rings. The van der Waals surface area contributed by atoms with Crippen molar-refractivity contribution < 1.29 is 9.90 Å². The molecule has 0 bridgehead atoms. The summed E-state index contributed by atoms with van der Waals surface area (Å²) < 4.78 is 1.74. The number of rotatable bonds is 2. The van der Waals surface area contributed by atoms with E-state index < -0.39 is 5.97 Å². The fraction of sp³-hybridized carbons (Fsp3) is 0.417. The summed E-state index contributed by atoms with van der Waals surface area (Å²) in [6, 6.07) is 0. The van der Waals surface area contributed by atoms with E-state index in [2.05, 4.69) is 9.97 Å². The molecule has 5 nitrogen and oxygen atoms in total. The van der Waals surface area contributed by atoms with E-state index in [9.17, 15) is 4.79 Å². The number of carbonyl (C=O) groups is 1. The van der Waals surface area contributed by atoms with Crippen LogP contribution in [0.25, 0.3) is 11.0 Å². The zero-order valence-electron chi connectivity index (χ0n) is 10.4. The van der Waals surface area contributed by atoms with E-state index in [1.165, 1.54) is 0 Å². The Morgan fingerprint density at radius 2 is 2.06 bits per heavy atom. The maximum absolute atomic E-state index is 11.1. The van der Waals surface area contributed by atoms with Crippen LogP contribution >= 0.6 is 0 Å². The summed E-state index contributed by atoms with van der Waals surface area (Å²) in [7, 11) is 1.80. The molecule has 0 amide bonds. The maximum Gasteiger partial charge on any atom is 0.338 e. The molecule has 0 radical (unpaired) electrons. The highest BCUT2D eigenvalue weighted by Gasteiger charge is 2.18. The van der Waals surface area contributed by atoms with Gasteiger partial charge in [0.2, 0.25) is 0 Å². The van der Waals surface area contributed by atoms with E-state index in [1.54, 1.807) is 17.8 Å². The van der Waals surface area contributed by atoms with Crippen molar-refractivity contribution in [1.29, 1.82) is 0 Å². The Kier molecular flexibility index (Phi) is 2.61. The standard InChI is InChI=1S/C12H15N3O2/c1-6(2)10-13-7(3)9-8(12(16)17)5-15(4)11(9)14-10/h5-6H,1-4H3,(H,16,17). The topological polar surface area (TPSA) is 68.0 Å². The Bertz CT molecular complexity index is 599. The summed E-state index contributed by atoms with van der Waals surface area (Å²) in [5.74, 6) is 0.0222. The van der Waals surface area contributed by atoms with E-state index >= 15 is 0 Å². The first-order valence-electron chi connectivity index (χ1n) is 5.48. The number of aryl methyl sites for hydroxylation is 2. The molecule has 0 aliphatic heterocycles. The minimum atomic E-state index is -0.945. The number of hydrogen-bond acceptors (Lipinski definition) is 3. The van der Waals surface area contributed by atoms with Crippen LogP contribution in [0.2, 0.25) is 0 Å². The predicted octanol–water partition coefficient (Wildman–Crippen LogP) is 2.10. The lowest BCUT2D eigenvalue weighted by Gasteiger charge is -2.06. The van der Waals surface area contributed by atoms with Crippen LogP contribution in [0.4, 0.5) is 0 Å². The van der Waals surface area contributed by atoms with Crippen LogP contribution < -0.4 is 0 Å². The molecule has 0 saturated heterocycles. The number of hydrogen-bond donors (Lipinski definition) is 1. The van der Waals surface area contributed by atoms with Gasteiger partial charge in [-0.25, -0.2) is 14.8 Å². The summed E-state index contributed by atoms with van der Waals surface area (Å²) in [5, 5.41) is 9.76. The van der Waals surface area contributed by atoms with Gasteiger partial charge in [-0.3, -0.25) is 0 Å². The molecule has 17 heavy (non-hydrogen) atoms. The van der Waals surface area contributed by atoms with Gasteiger partial charge in [0, 0.05) is 19.2 Å². The fourth-order valence-electron chi connectivity index (χ4n) is 1.89. The zero-order chi connectivity index (χ0) is 12.7. The number of fused-ring (bicyclic) bond motifs is 1. The smallest absolute Gasteiger partial charge is 0.338 e. The lowest BCUT2D eigenvalue weighted by Crippen LogP contribution is -2.02. The maximum atomic E-state index is 11.1. The van der Waals surface area contributed by atoms with Crippen LogP contribution in [-0.4, -0.2) is 25.6 Å². The Labute approximate surface area is 99.1 Å². The molecular weight excluding hydrogens is 218 g/mol. The molecular formula is C12H15N3O2. The number of carboxylic acids is 1. The SMILES string of the molecule is Cc1nc(C(C)C)nc2c1c(C(=O)O)cn2C. The lowest BCUT2D eigenvalue weighted by atomic mass is 10.1. The van der Waals surface area contributed by atoms with Crippen LogP contribution in [0.1, 0.15) is 41.6 Å².